The Morgan fingerprint density at radius 3 is 2.50 bits per heavy atom. The van der Waals surface area contributed by atoms with E-state index >= 15 is 4.39 Å². The van der Waals surface area contributed by atoms with Gasteiger partial charge in [-0.2, -0.15) is 0 Å². The van der Waals surface area contributed by atoms with Crippen LogP contribution in [-0.2, 0) is 10.5 Å². The van der Waals surface area contributed by atoms with Crippen LogP contribution < -0.4 is 5.73 Å². The highest BCUT2D eigenvalue weighted by Crippen LogP contribution is 2.58. The molecule has 0 aliphatic heterocycles. The van der Waals surface area contributed by atoms with E-state index in [0.29, 0.717) is 6.54 Å². The topological polar surface area (TPSA) is 46.3 Å². The Labute approximate surface area is 163 Å². The molecule has 1 fully saturated rings. The number of hydrogen-bond donors (Lipinski definition) is 1. The lowest BCUT2D eigenvalue weighted by molar-refractivity contribution is -0.135. The van der Waals surface area contributed by atoms with E-state index in [4.69, 9.17) is 5.73 Å². The molecule has 150 valence electrons. The predicted octanol–water partition coefficient (Wildman–Crippen LogP) is 4.32. The van der Waals surface area contributed by atoms with Crippen LogP contribution in [0.4, 0.5) is 13.2 Å². The summed E-state index contributed by atoms with van der Waals surface area (Å²) >= 11 is 0. The summed E-state index contributed by atoms with van der Waals surface area (Å²) in [5.74, 6) is -2.71. The van der Waals surface area contributed by atoms with Crippen LogP contribution in [0.25, 0.3) is 11.1 Å². The number of hydrogen-bond acceptors (Lipinski definition) is 2. The number of amides is 1. The van der Waals surface area contributed by atoms with Crippen molar-refractivity contribution in [2.45, 2.75) is 38.9 Å². The van der Waals surface area contributed by atoms with Crippen LogP contribution >= 0.6 is 0 Å². The number of aryl methyl sites for hydroxylation is 1. The van der Waals surface area contributed by atoms with Crippen LogP contribution in [0, 0.1) is 24.5 Å². The van der Waals surface area contributed by atoms with Crippen molar-refractivity contribution in [2.75, 3.05) is 13.1 Å². The molecule has 6 heteroatoms. The number of nitrogens with two attached hydrogens (primary N) is 1. The average Bonchev–Trinajstić information content (AvgIpc) is 3.34. The van der Waals surface area contributed by atoms with Gasteiger partial charge in [0, 0.05) is 25.6 Å². The zero-order valence-electron chi connectivity index (χ0n) is 16.3. The van der Waals surface area contributed by atoms with Gasteiger partial charge in [0.15, 0.2) is 0 Å². The molecular formula is C22H25F3N2O. The smallest absolute Gasteiger partial charge is 0.229 e. The quantitative estimate of drug-likeness (QED) is 0.798. The van der Waals surface area contributed by atoms with Gasteiger partial charge in [0.2, 0.25) is 5.91 Å². The summed E-state index contributed by atoms with van der Waals surface area (Å²) < 4.78 is 44.6. The molecule has 0 bridgehead atoms. The van der Waals surface area contributed by atoms with Gasteiger partial charge in [-0.3, -0.25) is 4.79 Å². The summed E-state index contributed by atoms with van der Waals surface area (Å²) in [6.45, 7) is 6.11. The Morgan fingerprint density at radius 1 is 1.29 bits per heavy atom. The highest BCUT2D eigenvalue weighted by atomic mass is 19.1. The maximum absolute atomic E-state index is 15.8. The Morgan fingerprint density at radius 2 is 1.93 bits per heavy atom. The fourth-order valence-corrected chi connectivity index (χ4v) is 3.81. The van der Waals surface area contributed by atoms with Crippen molar-refractivity contribution in [3.8, 4) is 11.1 Å². The number of rotatable bonds is 6. The molecule has 0 aromatic heterocycles. The Balaban J connectivity index is 2.03. The average molecular weight is 390 g/mol. The summed E-state index contributed by atoms with van der Waals surface area (Å²) in [5.41, 5.74) is 4.51. The van der Waals surface area contributed by atoms with Crippen molar-refractivity contribution >= 4 is 5.91 Å². The van der Waals surface area contributed by atoms with E-state index in [0.717, 1.165) is 17.7 Å². The van der Waals surface area contributed by atoms with E-state index in [1.54, 1.807) is 24.0 Å². The van der Waals surface area contributed by atoms with Gasteiger partial charge in [0.25, 0.3) is 0 Å². The van der Waals surface area contributed by atoms with Crippen LogP contribution in [-0.4, -0.2) is 29.9 Å². The first-order chi connectivity index (χ1) is 13.2. The second kappa shape index (κ2) is 7.59. The molecule has 0 saturated heterocycles. The summed E-state index contributed by atoms with van der Waals surface area (Å²) in [7, 11) is 0. The maximum atomic E-state index is 15.8. The lowest BCUT2D eigenvalue weighted by atomic mass is 9.92. The van der Waals surface area contributed by atoms with Crippen molar-refractivity contribution in [2.24, 2.45) is 11.7 Å². The summed E-state index contributed by atoms with van der Waals surface area (Å²) in [4.78, 5) is 14.4. The normalized spacial score (nSPS) is 22.0. The third kappa shape index (κ3) is 3.41. The van der Waals surface area contributed by atoms with Crippen molar-refractivity contribution in [1.29, 1.82) is 0 Å². The number of halogens is 3. The Bertz CT molecular complexity index is 881. The molecule has 2 aromatic rings. The second-order valence-electron chi connectivity index (χ2n) is 7.47. The maximum Gasteiger partial charge on any atom is 0.229 e. The lowest BCUT2D eigenvalue weighted by Crippen LogP contribution is -2.44. The molecule has 1 aliphatic rings. The number of alkyl halides is 1. The van der Waals surface area contributed by atoms with Crippen LogP contribution in [0.1, 0.15) is 31.4 Å². The van der Waals surface area contributed by atoms with Gasteiger partial charge in [-0.15, -0.1) is 0 Å². The molecule has 1 amide bonds. The number of nitrogens with zero attached hydrogens (tertiary/aromatic N) is 1. The van der Waals surface area contributed by atoms with Gasteiger partial charge in [-0.05, 0) is 44.0 Å². The molecule has 2 unspecified atom stereocenters. The number of carbonyl (C=O) groups excluding carboxylic acids is 1. The van der Waals surface area contributed by atoms with E-state index in [1.807, 2.05) is 13.8 Å². The first kappa shape index (κ1) is 20.4. The first-order valence-electron chi connectivity index (χ1n) is 9.49. The van der Waals surface area contributed by atoms with Gasteiger partial charge >= 0.3 is 0 Å². The predicted molar refractivity (Wildman–Crippen MR) is 103 cm³/mol. The van der Waals surface area contributed by atoms with E-state index in [-0.39, 0.29) is 41.6 Å². The zero-order valence-corrected chi connectivity index (χ0v) is 16.3. The van der Waals surface area contributed by atoms with Gasteiger partial charge in [-0.1, -0.05) is 29.8 Å². The van der Waals surface area contributed by atoms with Gasteiger partial charge in [0.1, 0.15) is 17.3 Å². The lowest BCUT2D eigenvalue weighted by Gasteiger charge is -2.28. The van der Waals surface area contributed by atoms with E-state index < -0.39 is 23.2 Å². The van der Waals surface area contributed by atoms with Crippen molar-refractivity contribution < 1.29 is 18.0 Å². The second-order valence-corrected chi connectivity index (χ2v) is 7.47. The minimum absolute atomic E-state index is 0.00818. The molecule has 1 saturated carbocycles. The fraction of sp³-hybridized carbons (Fsp3) is 0.409. The molecule has 2 aromatic carbocycles. The molecule has 3 atom stereocenters. The molecule has 3 nitrogen and oxygen atoms in total. The molecule has 2 N–H and O–H groups in total. The van der Waals surface area contributed by atoms with Crippen molar-refractivity contribution in [3.05, 3.63) is 59.2 Å². The molecule has 0 radical (unpaired) electrons. The zero-order chi connectivity index (χ0) is 20.6. The molecule has 0 spiro atoms. The van der Waals surface area contributed by atoms with Crippen LogP contribution in [0.3, 0.4) is 0 Å². The fourth-order valence-electron chi connectivity index (χ4n) is 3.81. The standard InChI is InChI=1S/C22H25F3N2O/c1-4-27(14(3)12-26)21(28)17-11-22(17,25)16-9-8-13(2)10-15(16)20-18(23)6-5-7-19(20)24/h5-10,14,17H,4,11-12,26H2,1-3H3/t14-,17?,22?/m0/s1. The monoisotopic (exact) mass is 390 g/mol. The van der Waals surface area contributed by atoms with E-state index in [1.165, 1.54) is 12.1 Å². The minimum Gasteiger partial charge on any atom is -0.339 e. The van der Waals surface area contributed by atoms with Crippen LogP contribution in [0.2, 0.25) is 0 Å². The summed E-state index contributed by atoms with van der Waals surface area (Å²) in [6, 6.07) is 8.15. The SMILES string of the molecule is CCN(C(=O)C1CC1(F)c1ccc(C)cc1-c1c(F)cccc1F)[C@@H](C)CN. The number of benzene rings is 2. The third-order valence-corrected chi connectivity index (χ3v) is 5.54. The van der Waals surface area contributed by atoms with Crippen molar-refractivity contribution in [3.63, 3.8) is 0 Å². The van der Waals surface area contributed by atoms with Crippen LogP contribution in [0.15, 0.2) is 36.4 Å². The minimum atomic E-state index is -1.95. The van der Waals surface area contributed by atoms with Gasteiger partial charge in [0.05, 0.1) is 11.5 Å². The van der Waals surface area contributed by atoms with Crippen LogP contribution in [0.5, 0.6) is 0 Å². The molecule has 1 aliphatic carbocycles. The molecule has 3 rings (SSSR count). The Hall–Kier alpha value is -2.34. The molecule has 0 heterocycles. The number of likely N-dealkylation sites (N-methyl/N-ethyl adjacent to an activating group) is 1. The van der Waals surface area contributed by atoms with Gasteiger partial charge in [-0.25, -0.2) is 13.2 Å². The largest absolute Gasteiger partial charge is 0.339 e. The van der Waals surface area contributed by atoms with Gasteiger partial charge < -0.3 is 10.6 Å². The summed E-state index contributed by atoms with van der Waals surface area (Å²) in [5, 5.41) is 0. The first-order valence-corrected chi connectivity index (χ1v) is 9.49. The highest BCUT2D eigenvalue weighted by Gasteiger charge is 2.62. The highest BCUT2D eigenvalue weighted by molar-refractivity contribution is 5.85. The number of carbonyl (C=O) groups is 1. The van der Waals surface area contributed by atoms with E-state index in [2.05, 4.69) is 0 Å². The summed E-state index contributed by atoms with van der Waals surface area (Å²) in [6.07, 6.45) is -0.00818. The Kier molecular flexibility index (Phi) is 5.53. The third-order valence-electron chi connectivity index (χ3n) is 5.54. The van der Waals surface area contributed by atoms with Crippen molar-refractivity contribution in [1.82, 2.24) is 4.90 Å². The molecule has 28 heavy (non-hydrogen) atoms. The van der Waals surface area contributed by atoms with E-state index in [9.17, 15) is 13.6 Å². The molecular weight excluding hydrogens is 365 g/mol.